The number of aromatic nitrogens is 3. The highest BCUT2D eigenvalue weighted by Crippen LogP contribution is 2.34. The lowest BCUT2D eigenvalue weighted by Gasteiger charge is -2.24. The van der Waals surface area contributed by atoms with E-state index in [4.69, 9.17) is 4.74 Å². The molecule has 11 heteroatoms. The Morgan fingerprint density at radius 1 is 1.03 bits per heavy atom. The van der Waals surface area contributed by atoms with Crippen molar-refractivity contribution in [1.82, 2.24) is 20.1 Å². The minimum Gasteiger partial charge on any atom is -0.470 e. The number of amides is 1. The van der Waals surface area contributed by atoms with E-state index in [9.17, 15) is 18.0 Å². The molecule has 7 nitrogen and oxygen atoms in total. The Kier molecular flexibility index (Phi) is 5.49. The number of halogens is 3. The molecule has 2 aliphatic rings. The van der Waals surface area contributed by atoms with Crippen LogP contribution in [0.1, 0.15) is 21.6 Å². The molecule has 0 aliphatic carbocycles. The molecular formula is C22H18F3N5O2S. The molecule has 3 aromatic rings. The molecule has 170 valence electrons. The lowest BCUT2D eigenvalue weighted by molar-refractivity contribution is -0.138. The van der Waals surface area contributed by atoms with E-state index in [0.29, 0.717) is 44.5 Å². The second kappa shape index (κ2) is 8.47. The SMILES string of the molecule is O=C(c1ccccc1C(F)(F)F)N1CC2=C(C1)CN(c1ccc(OCc3cscn3)nn1)C2. The maximum Gasteiger partial charge on any atom is 0.417 e. The van der Waals surface area contributed by atoms with Gasteiger partial charge in [0, 0.05) is 37.6 Å². The Balaban J connectivity index is 1.20. The Morgan fingerprint density at radius 2 is 1.79 bits per heavy atom. The number of carbonyl (C=O) groups is 1. The molecule has 1 amide bonds. The molecule has 0 unspecified atom stereocenters. The summed E-state index contributed by atoms with van der Waals surface area (Å²) in [6, 6.07) is 8.46. The fourth-order valence-electron chi connectivity index (χ4n) is 3.99. The van der Waals surface area contributed by atoms with Crippen molar-refractivity contribution in [2.75, 3.05) is 31.1 Å². The van der Waals surface area contributed by atoms with Gasteiger partial charge in [0.05, 0.1) is 22.3 Å². The molecule has 0 N–H and O–H groups in total. The number of nitrogens with zero attached hydrogens (tertiary/aromatic N) is 5. The van der Waals surface area contributed by atoms with Gasteiger partial charge in [-0.05, 0) is 29.3 Å². The predicted octanol–water partition coefficient (Wildman–Crippen LogP) is 3.80. The average molecular weight is 473 g/mol. The predicted molar refractivity (Wildman–Crippen MR) is 115 cm³/mol. The van der Waals surface area contributed by atoms with Crippen LogP contribution in [0, 0.1) is 0 Å². The van der Waals surface area contributed by atoms with Crippen molar-refractivity contribution in [1.29, 1.82) is 0 Å². The normalized spacial score (nSPS) is 15.8. The van der Waals surface area contributed by atoms with Crippen molar-refractivity contribution < 1.29 is 22.7 Å². The van der Waals surface area contributed by atoms with Crippen LogP contribution >= 0.6 is 11.3 Å². The summed E-state index contributed by atoms with van der Waals surface area (Å²) in [5, 5.41) is 10.2. The minimum absolute atomic E-state index is 0.305. The third-order valence-corrected chi connectivity index (χ3v) is 6.21. The molecule has 0 radical (unpaired) electrons. The topological polar surface area (TPSA) is 71.5 Å². The highest BCUT2D eigenvalue weighted by molar-refractivity contribution is 7.07. The van der Waals surface area contributed by atoms with Crippen molar-refractivity contribution in [3.8, 4) is 5.88 Å². The summed E-state index contributed by atoms with van der Waals surface area (Å²) >= 11 is 1.49. The Labute approximate surface area is 191 Å². The monoisotopic (exact) mass is 473 g/mol. The van der Waals surface area contributed by atoms with Crippen molar-refractivity contribution in [3.63, 3.8) is 0 Å². The number of ether oxygens (including phenoxy) is 1. The van der Waals surface area contributed by atoms with Gasteiger partial charge in [0.2, 0.25) is 5.88 Å². The van der Waals surface area contributed by atoms with Gasteiger partial charge in [0.15, 0.2) is 5.82 Å². The van der Waals surface area contributed by atoms with Gasteiger partial charge < -0.3 is 14.5 Å². The van der Waals surface area contributed by atoms with E-state index < -0.39 is 17.6 Å². The number of anilines is 1. The lowest BCUT2D eigenvalue weighted by Crippen LogP contribution is -2.35. The molecule has 0 saturated heterocycles. The van der Waals surface area contributed by atoms with Crippen LogP contribution in [0.3, 0.4) is 0 Å². The van der Waals surface area contributed by atoms with E-state index in [1.807, 2.05) is 16.3 Å². The van der Waals surface area contributed by atoms with E-state index in [2.05, 4.69) is 15.2 Å². The van der Waals surface area contributed by atoms with Gasteiger partial charge >= 0.3 is 6.18 Å². The van der Waals surface area contributed by atoms with Crippen molar-refractivity contribution in [3.05, 3.63) is 75.3 Å². The maximum absolute atomic E-state index is 13.3. The first-order valence-electron chi connectivity index (χ1n) is 10.1. The van der Waals surface area contributed by atoms with E-state index in [0.717, 1.165) is 22.9 Å². The fourth-order valence-corrected chi connectivity index (χ4v) is 4.53. The summed E-state index contributed by atoms with van der Waals surface area (Å²) in [5.74, 6) is 0.461. The number of hydrogen-bond acceptors (Lipinski definition) is 7. The third kappa shape index (κ3) is 4.40. The van der Waals surface area contributed by atoms with Gasteiger partial charge in [0.25, 0.3) is 5.91 Å². The first kappa shape index (κ1) is 21.4. The molecule has 4 heterocycles. The molecule has 0 fully saturated rings. The second-order valence-electron chi connectivity index (χ2n) is 7.77. The first-order chi connectivity index (χ1) is 15.9. The third-order valence-electron chi connectivity index (χ3n) is 5.58. The quantitative estimate of drug-likeness (QED) is 0.525. The minimum atomic E-state index is -4.58. The Bertz CT molecular complexity index is 1180. The molecule has 0 spiro atoms. The largest absolute Gasteiger partial charge is 0.470 e. The number of hydrogen-bond donors (Lipinski definition) is 0. The van der Waals surface area contributed by atoms with Gasteiger partial charge in [0.1, 0.15) is 6.61 Å². The highest BCUT2D eigenvalue weighted by Gasteiger charge is 2.38. The molecule has 33 heavy (non-hydrogen) atoms. The second-order valence-corrected chi connectivity index (χ2v) is 8.48. The van der Waals surface area contributed by atoms with Crippen LogP contribution < -0.4 is 9.64 Å². The van der Waals surface area contributed by atoms with Gasteiger partial charge in [-0.1, -0.05) is 12.1 Å². The summed E-state index contributed by atoms with van der Waals surface area (Å²) in [5.41, 5.74) is 3.38. The summed E-state index contributed by atoms with van der Waals surface area (Å²) < 4.78 is 45.5. The van der Waals surface area contributed by atoms with Crippen LogP contribution in [0.5, 0.6) is 5.88 Å². The van der Waals surface area contributed by atoms with Crippen molar-refractivity contribution in [2.45, 2.75) is 12.8 Å². The van der Waals surface area contributed by atoms with Crippen LogP contribution in [0.25, 0.3) is 0 Å². The number of alkyl halides is 3. The van der Waals surface area contributed by atoms with Gasteiger partial charge in [-0.25, -0.2) is 4.98 Å². The first-order valence-corrected chi connectivity index (χ1v) is 11.1. The molecule has 0 saturated carbocycles. The molecular weight excluding hydrogens is 455 g/mol. The summed E-state index contributed by atoms with van der Waals surface area (Å²) in [6.07, 6.45) is -4.58. The zero-order chi connectivity index (χ0) is 23.0. The standard InChI is InChI=1S/C22H18F3N5O2S/c23-22(24,25)18-4-2-1-3-17(18)21(31)30-9-14-7-29(8-15(14)10-30)19-5-6-20(28-27-19)32-11-16-12-33-13-26-16/h1-6,12-13H,7-11H2. The molecule has 0 bridgehead atoms. The zero-order valence-electron chi connectivity index (χ0n) is 17.2. The smallest absolute Gasteiger partial charge is 0.417 e. The zero-order valence-corrected chi connectivity index (χ0v) is 18.1. The molecule has 0 atom stereocenters. The van der Waals surface area contributed by atoms with Gasteiger partial charge in [-0.3, -0.25) is 4.79 Å². The molecule has 2 aromatic heterocycles. The summed E-state index contributed by atoms with van der Waals surface area (Å²) in [7, 11) is 0. The van der Waals surface area contributed by atoms with E-state index in [1.165, 1.54) is 34.4 Å². The number of thiazole rings is 1. The number of rotatable bonds is 5. The number of carbonyl (C=O) groups excluding carboxylic acids is 1. The van der Waals surface area contributed by atoms with Crippen LogP contribution in [-0.2, 0) is 12.8 Å². The molecule has 5 rings (SSSR count). The number of benzene rings is 1. The summed E-state index contributed by atoms with van der Waals surface area (Å²) in [6.45, 7) is 2.03. The fraction of sp³-hybridized carbons (Fsp3) is 0.273. The lowest BCUT2D eigenvalue weighted by atomic mass is 10.1. The van der Waals surface area contributed by atoms with Crippen molar-refractivity contribution >= 4 is 23.1 Å². The van der Waals surface area contributed by atoms with E-state index in [1.54, 1.807) is 11.6 Å². The maximum atomic E-state index is 13.3. The van der Waals surface area contributed by atoms with Crippen molar-refractivity contribution in [2.24, 2.45) is 0 Å². The summed E-state index contributed by atoms with van der Waals surface area (Å²) in [4.78, 5) is 20.5. The van der Waals surface area contributed by atoms with Crippen LogP contribution in [-0.4, -0.2) is 52.2 Å². The van der Waals surface area contributed by atoms with Crippen LogP contribution in [0.4, 0.5) is 19.0 Å². The van der Waals surface area contributed by atoms with Crippen LogP contribution in [0.15, 0.2) is 58.4 Å². The van der Waals surface area contributed by atoms with Gasteiger partial charge in [-0.2, -0.15) is 13.2 Å². The average Bonchev–Trinajstić information content (AvgIpc) is 3.54. The highest BCUT2D eigenvalue weighted by atomic mass is 32.1. The van der Waals surface area contributed by atoms with Crippen LogP contribution in [0.2, 0.25) is 0 Å². The Morgan fingerprint density at radius 3 is 2.42 bits per heavy atom. The van der Waals surface area contributed by atoms with E-state index >= 15 is 0 Å². The molecule has 1 aromatic carbocycles. The van der Waals surface area contributed by atoms with Gasteiger partial charge in [-0.15, -0.1) is 21.5 Å². The van der Waals surface area contributed by atoms with E-state index in [-0.39, 0.29) is 5.56 Å². The molecule has 2 aliphatic heterocycles. The Hall–Kier alpha value is -3.47.